The van der Waals surface area contributed by atoms with Crippen LogP contribution in [0.15, 0.2) is 11.3 Å². The molecule has 1 aliphatic rings. The first-order valence-electron chi connectivity index (χ1n) is 4.13. The van der Waals surface area contributed by atoms with Crippen molar-refractivity contribution in [2.45, 2.75) is 20.1 Å². The fourth-order valence-electron chi connectivity index (χ4n) is 1.19. The molecular weight excluding hydrogens is 172 g/mol. The normalized spacial score (nSPS) is 22.5. The monoisotopic (exact) mass is 186 g/mol. The Morgan fingerprint density at radius 2 is 2.38 bits per heavy atom. The fourth-order valence-corrected chi connectivity index (χ4v) is 1.19. The van der Waals surface area contributed by atoms with Gasteiger partial charge in [-0.3, -0.25) is 0 Å². The first-order valence-corrected chi connectivity index (χ1v) is 4.13. The molecule has 5 heteroatoms. The van der Waals surface area contributed by atoms with Gasteiger partial charge in [-0.2, -0.15) is 0 Å². The minimum Gasteiger partial charge on any atom is -0.462 e. The van der Waals surface area contributed by atoms with Crippen molar-refractivity contribution in [1.29, 1.82) is 0 Å². The van der Waals surface area contributed by atoms with Crippen molar-refractivity contribution in [2.75, 3.05) is 13.7 Å². The van der Waals surface area contributed by atoms with Crippen LogP contribution in [0.5, 0.6) is 0 Å². The van der Waals surface area contributed by atoms with Crippen LogP contribution in [0, 0.1) is 0 Å². The quantitative estimate of drug-likeness (QED) is 0.574. The summed E-state index contributed by atoms with van der Waals surface area (Å²) >= 11 is 0. The molecule has 0 aromatic carbocycles. The summed E-state index contributed by atoms with van der Waals surface area (Å²) in [6.45, 7) is 3.79. The fraction of sp³-hybridized carbons (Fsp3) is 0.625. The topological polar surface area (TPSA) is 61.8 Å². The molecule has 0 radical (unpaired) electrons. The van der Waals surface area contributed by atoms with Crippen LogP contribution in [0.25, 0.3) is 0 Å². The molecule has 1 aliphatic heterocycles. The molecule has 0 fully saturated rings. The zero-order valence-corrected chi connectivity index (χ0v) is 8.00. The van der Waals surface area contributed by atoms with Crippen LogP contribution in [0.4, 0.5) is 0 Å². The van der Waals surface area contributed by atoms with Crippen LogP contribution >= 0.6 is 0 Å². The lowest BCUT2D eigenvalue weighted by molar-refractivity contribution is -0.139. The molecule has 0 amide bonds. The van der Waals surface area contributed by atoms with Gasteiger partial charge >= 0.3 is 5.97 Å². The Labute approximate surface area is 76.9 Å². The Bertz CT molecular complexity index is 250. The molecule has 1 rings (SSSR count). The zero-order valence-electron chi connectivity index (χ0n) is 8.00. The summed E-state index contributed by atoms with van der Waals surface area (Å²) in [7, 11) is 1.73. The van der Waals surface area contributed by atoms with Crippen LogP contribution in [0.1, 0.15) is 13.8 Å². The number of aliphatic hydroxyl groups excluding tert-OH is 1. The summed E-state index contributed by atoms with van der Waals surface area (Å²) in [4.78, 5) is 11.3. The molecule has 0 aromatic rings. The van der Waals surface area contributed by atoms with Gasteiger partial charge in [0.15, 0.2) is 6.23 Å². The van der Waals surface area contributed by atoms with Crippen molar-refractivity contribution in [3.05, 3.63) is 11.3 Å². The van der Waals surface area contributed by atoms with Crippen LogP contribution in [0.3, 0.4) is 0 Å². The summed E-state index contributed by atoms with van der Waals surface area (Å²) in [5.74, 6) is -0.468. The number of hydrazine groups is 1. The highest BCUT2D eigenvalue weighted by Gasteiger charge is 2.30. The zero-order chi connectivity index (χ0) is 10.0. The number of carbonyl (C=O) groups is 1. The Kier molecular flexibility index (Phi) is 2.90. The molecule has 13 heavy (non-hydrogen) atoms. The standard InChI is InChI=1S/C8H14N2O3/c1-4-13-8(12)6-5(2)10(3)9-7(6)11/h7,9,11H,4H2,1-3H3. The van der Waals surface area contributed by atoms with Gasteiger partial charge < -0.3 is 14.9 Å². The van der Waals surface area contributed by atoms with Gasteiger partial charge in [0.05, 0.1) is 6.61 Å². The molecule has 2 N–H and O–H groups in total. The molecule has 1 atom stereocenters. The third-order valence-electron chi connectivity index (χ3n) is 1.98. The molecule has 0 aliphatic carbocycles. The Hall–Kier alpha value is -1.07. The third-order valence-corrected chi connectivity index (χ3v) is 1.98. The Balaban J connectivity index is 2.82. The maximum Gasteiger partial charge on any atom is 0.339 e. The molecule has 0 saturated carbocycles. The number of esters is 1. The number of aliphatic hydroxyl groups is 1. The number of hydrogen-bond donors (Lipinski definition) is 2. The maximum absolute atomic E-state index is 11.3. The maximum atomic E-state index is 11.3. The van der Waals surface area contributed by atoms with Crippen molar-refractivity contribution >= 4 is 5.97 Å². The average Bonchev–Trinajstić information content (AvgIpc) is 2.27. The lowest BCUT2D eigenvalue weighted by Crippen LogP contribution is -2.35. The van der Waals surface area contributed by atoms with E-state index in [2.05, 4.69) is 5.43 Å². The number of carbonyl (C=O) groups excluding carboxylic acids is 1. The van der Waals surface area contributed by atoms with Crippen molar-refractivity contribution < 1.29 is 14.6 Å². The minimum atomic E-state index is -0.955. The van der Waals surface area contributed by atoms with E-state index in [9.17, 15) is 9.90 Å². The van der Waals surface area contributed by atoms with Gasteiger partial charge in [0, 0.05) is 12.7 Å². The van der Waals surface area contributed by atoms with E-state index in [4.69, 9.17) is 4.74 Å². The van der Waals surface area contributed by atoms with E-state index in [0.717, 1.165) is 0 Å². The average molecular weight is 186 g/mol. The third kappa shape index (κ3) is 1.81. The largest absolute Gasteiger partial charge is 0.462 e. The summed E-state index contributed by atoms with van der Waals surface area (Å²) in [5.41, 5.74) is 3.64. The van der Waals surface area contributed by atoms with E-state index >= 15 is 0 Å². The second-order valence-corrected chi connectivity index (χ2v) is 2.81. The van der Waals surface area contributed by atoms with Crippen molar-refractivity contribution in [2.24, 2.45) is 0 Å². The number of ether oxygens (including phenoxy) is 1. The van der Waals surface area contributed by atoms with E-state index in [1.807, 2.05) is 0 Å². The Morgan fingerprint density at radius 1 is 1.77 bits per heavy atom. The molecule has 0 saturated heterocycles. The van der Waals surface area contributed by atoms with Gasteiger partial charge in [0.1, 0.15) is 5.57 Å². The first kappa shape index (κ1) is 10.0. The molecular formula is C8H14N2O3. The summed E-state index contributed by atoms with van der Waals surface area (Å²) in [6, 6.07) is 0. The van der Waals surface area contributed by atoms with Gasteiger partial charge in [-0.25, -0.2) is 10.2 Å². The number of rotatable bonds is 2. The lowest BCUT2D eigenvalue weighted by atomic mass is 10.2. The predicted molar refractivity (Wildman–Crippen MR) is 46.2 cm³/mol. The van der Waals surface area contributed by atoms with E-state index in [1.165, 1.54) is 0 Å². The molecule has 1 unspecified atom stereocenters. The van der Waals surface area contributed by atoms with Gasteiger partial charge in [-0.1, -0.05) is 0 Å². The minimum absolute atomic E-state index is 0.282. The van der Waals surface area contributed by atoms with E-state index in [-0.39, 0.29) is 5.57 Å². The van der Waals surface area contributed by atoms with Gasteiger partial charge in [0.2, 0.25) is 0 Å². The van der Waals surface area contributed by atoms with E-state index in [0.29, 0.717) is 12.3 Å². The van der Waals surface area contributed by atoms with Crippen molar-refractivity contribution in [3.8, 4) is 0 Å². The van der Waals surface area contributed by atoms with Gasteiger partial charge in [-0.15, -0.1) is 0 Å². The summed E-state index contributed by atoms with van der Waals surface area (Å²) in [5, 5.41) is 11.0. The van der Waals surface area contributed by atoms with Crippen LogP contribution in [0.2, 0.25) is 0 Å². The summed E-state index contributed by atoms with van der Waals surface area (Å²) < 4.78 is 4.79. The van der Waals surface area contributed by atoms with E-state index in [1.54, 1.807) is 25.9 Å². The number of nitrogens with one attached hydrogen (secondary N) is 1. The molecule has 0 aromatic heterocycles. The molecule has 74 valence electrons. The predicted octanol–water partition coefficient (Wildman–Crippen LogP) is -0.408. The number of hydrogen-bond acceptors (Lipinski definition) is 5. The molecule has 1 heterocycles. The van der Waals surface area contributed by atoms with Gasteiger partial charge in [0.25, 0.3) is 0 Å². The summed E-state index contributed by atoms with van der Waals surface area (Å²) in [6.07, 6.45) is -0.955. The number of allylic oxidation sites excluding steroid dienone is 1. The first-order chi connectivity index (χ1) is 6.07. The van der Waals surface area contributed by atoms with E-state index < -0.39 is 12.2 Å². The van der Waals surface area contributed by atoms with Crippen LogP contribution in [-0.2, 0) is 9.53 Å². The second-order valence-electron chi connectivity index (χ2n) is 2.81. The SMILES string of the molecule is CCOC(=O)C1=C(C)N(C)NC1O. The second kappa shape index (κ2) is 3.76. The van der Waals surface area contributed by atoms with Crippen LogP contribution < -0.4 is 5.43 Å². The highest BCUT2D eigenvalue weighted by molar-refractivity contribution is 5.90. The van der Waals surface area contributed by atoms with Crippen molar-refractivity contribution in [1.82, 2.24) is 10.4 Å². The molecule has 0 bridgehead atoms. The highest BCUT2D eigenvalue weighted by Crippen LogP contribution is 2.18. The number of nitrogens with zero attached hydrogens (tertiary/aromatic N) is 1. The molecule has 5 nitrogen and oxygen atoms in total. The lowest BCUT2D eigenvalue weighted by Gasteiger charge is -2.12. The van der Waals surface area contributed by atoms with Crippen LogP contribution in [-0.4, -0.2) is 36.0 Å². The molecule has 0 spiro atoms. The smallest absolute Gasteiger partial charge is 0.339 e. The Morgan fingerprint density at radius 3 is 2.77 bits per heavy atom. The van der Waals surface area contributed by atoms with Gasteiger partial charge in [-0.05, 0) is 13.8 Å². The van der Waals surface area contributed by atoms with Crippen molar-refractivity contribution in [3.63, 3.8) is 0 Å². The highest BCUT2D eigenvalue weighted by atomic mass is 16.5.